The minimum Gasteiger partial charge on any atom is -0.343 e. The first-order chi connectivity index (χ1) is 7.04. The number of carbonyl (C=O) groups is 1. The molecule has 2 atom stereocenters. The Labute approximate surface area is 91.8 Å². The highest BCUT2D eigenvalue weighted by molar-refractivity contribution is 5.86. The van der Waals surface area contributed by atoms with Crippen molar-refractivity contribution in [3.8, 4) is 6.07 Å². The minimum atomic E-state index is -4.81. The molecular formula is C9H14F3N3O. The molecule has 0 saturated carbocycles. The van der Waals surface area contributed by atoms with Crippen LogP contribution in [0.4, 0.5) is 13.2 Å². The Kier molecular flexibility index (Phi) is 4.32. The summed E-state index contributed by atoms with van der Waals surface area (Å²) in [5.41, 5.74) is 2.04. The van der Waals surface area contributed by atoms with Gasteiger partial charge in [-0.05, 0) is 13.8 Å². The quantitative estimate of drug-likeness (QED) is 0.792. The molecule has 0 radical (unpaired) electrons. The smallest absolute Gasteiger partial charge is 0.343 e. The molecule has 0 aliphatic rings. The van der Waals surface area contributed by atoms with E-state index in [1.165, 1.54) is 14.0 Å². The summed E-state index contributed by atoms with van der Waals surface area (Å²) in [4.78, 5) is 12.3. The molecule has 0 aliphatic carbocycles. The highest BCUT2D eigenvalue weighted by Crippen LogP contribution is 2.29. The lowest BCUT2D eigenvalue weighted by Gasteiger charge is -2.31. The van der Waals surface area contributed by atoms with Crippen LogP contribution in [0.2, 0.25) is 0 Å². The zero-order chi connectivity index (χ0) is 13.1. The van der Waals surface area contributed by atoms with Gasteiger partial charge < -0.3 is 10.6 Å². The molecule has 0 aromatic carbocycles. The van der Waals surface area contributed by atoms with Gasteiger partial charge in [-0.1, -0.05) is 0 Å². The van der Waals surface area contributed by atoms with Crippen LogP contribution in [0.5, 0.6) is 0 Å². The lowest BCUT2D eigenvalue weighted by molar-refractivity contribution is -0.193. The molecule has 92 valence electrons. The number of nitrogens with zero attached hydrogens (tertiary/aromatic N) is 2. The molecule has 0 aromatic rings. The first-order valence-corrected chi connectivity index (χ1v) is 4.54. The predicted octanol–water partition coefficient (Wildman–Crippen LogP) is 0.884. The minimum absolute atomic E-state index is 0.0851. The molecule has 2 N–H and O–H groups in total. The third kappa shape index (κ3) is 3.10. The highest BCUT2D eigenvalue weighted by Gasteiger charge is 2.54. The number of likely N-dealkylation sites (N-methyl/N-ethyl adjacent to an activating group) is 1. The number of amides is 1. The summed E-state index contributed by atoms with van der Waals surface area (Å²) < 4.78 is 37.3. The van der Waals surface area contributed by atoms with Crippen LogP contribution in [-0.4, -0.2) is 36.1 Å². The average molecular weight is 237 g/mol. The second-order valence-corrected chi connectivity index (χ2v) is 3.92. The van der Waals surface area contributed by atoms with Crippen LogP contribution in [0, 0.1) is 17.2 Å². The standard InChI is InChI=1S/C9H14F3N3O/c1-6(4-13)5-15(3)7(16)8(2,14)9(10,11)12/h6H,5,14H2,1-3H3. The van der Waals surface area contributed by atoms with Crippen LogP contribution in [-0.2, 0) is 4.79 Å². The first-order valence-electron chi connectivity index (χ1n) is 4.54. The molecule has 7 heteroatoms. The van der Waals surface area contributed by atoms with E-state index in [4.69, 9.17) is 11.0 Å². The maximum Gasteiger partial charge on any atom is 0.415 e. The molecule has 16 heavy (non-hydrogen) atoms. The number of nitriles is 1. The maximum atomic E-state index is 12.4. The molecule has 0 aliphatic heterocycles. The van der Waals surface area contributed by atoms with E-state index in [9.17, 15) is 18.0 Å². The number of nitrogens with two attached hydrogens (primary N) is 1. The van der Waals surface area contributed by atoms with Gasteiger partial charge in [-0.15, -0.1) is 0 Å². The van der Waals surface area contributed by atoms with Crippen LogP contribution in [0.3, 0.4) is 0 Å². The van der Waals surface area contributed by atoms with E-state index < -0.39 is 23.5 Å². The van der Waals surface area contributed by atoms with Crippen molar-refractivity contribution in [2.75, 3.05) is 13.6 Å². The lowest BCUT2D eigenvalue weighted by atomic mass is 10.0. The van der Waals surface area contributed by atoms with Gasteiger partial charge in [0.1, 0.15) is 0 Å². The number of alkyl halides is 3. The Balaban J connectivity index is 4.75. The Morgan fingerprint density at radius 3 is 2.31 bits per heavy atom. The second-order valence-electron chi connectivity index (χ2n) is 3.92. The molecule has 0 heterocycles. The average Bonchev–Trinajstić information content (AvgIpc) is 2.14. The molecule has 2 unspecified atom stereocenters. The van der Waals surface area contributed by atoms with Crippen molar-refractivity contribution in [1.82, 2.24) is 4.90 Å². The van der Waals surface area contributed by atoms with Gasteiger partial charge in [0.15, 0.2) is 5.54 Å². The Morgan fingerprint density at radius 1 is 1.56 bits per heavy atom. The van der Waals surface area contributed by atoms with Crippen molar-refractivity contribution in [2.24, 2.45) is 11.7 Å². The van der Waals surface area contributed by atoms with Gasteiger partial charge in [0.05, 0.1) is 12.0 Å². The van der Waals surface area contributed by atoms with Gasteiger partial charge in [0.25, 0.3) is 5.91 Å². The monoisotopic (exact) mass is 237 g/mol. The summed E-state index contributed by atoms with van der Waals surface area (Å²) in [6.45, 7) is 2.03. The summed E-state index contributed by atoms with van der Waals surface area (Å²) in [6, 6.07) is 1.82. The summed E-state index contributed by atoms with van der Waals surface area (Å²) >= 11 is 0. The van der Waals surface area contributed by atoms with Crippen molar-refractivity contribution in [2.45, 2.75) is 25.6 Å². The van der Waals surface area contributed by atoms with E-state index in [1.807, 2.05) is 6.07 Å². The number of halogens is 3. The van der Waals surface area contributed by atoms with Gasteiger partial charge >= 0.3 is 6.18 Å². The first kappa shape index (κ1) is 14.7. The van der Waals surface area contributed by atoms with E-state index in [0.29, 0.717) is 6.92 Å². The van der Waals surface area contributed by atoms with Gasteiger partial charge in [-0.25, -0.2) is 0 Å². The summed E-state index contributed by atoms with van der Waals surface area (Å²) in [5, 5.41) is 8.49. The zero-order valence-corrected chi connectivity index (χ0v) is 9.30. The van der Waals surface area contributed by atoms with Crippen LogP contribution in [0.1, 0.15) is 13.8 Å². The highest BCUT2D eigenvalue weighted by atomic mass is 19.4. The van der Waals surface area contributed by atoms with Gasteiger partial charge in [-0.3, -0.25) is 4.79 Å². The largest absolute Gasteiger partial charge is 0.415 e. The number of rotatable bonds is 3. The van der Waals surface area contributed by atoms with Crippen LogP contribution >= 0.6 is 0 Å². The van der Waals surface area contributed by atoms with Crippen LogP contribution < -0.4 is 5.73 Å². The summed E-state index contributed by atoms with van der Waals surface area (Å²) in [7, 11) is 1.19. The molecule has 4 nitrogen and oxygen atoms in total. The molecule has 0 aromatic heterocycles. The van der Waals surface area contributed by atoms with Crippen molar-refractivity contribution < 1.29 is 18.0 Å². The summed E-state index contributed by atoms with van der Waals surface area (Å²) in [5.74, 6) is -1.79. The third-order valence-electron chi connectivity index (χ3n) is 2.15. The topological polar surface area (TPSA) is 70.1 Å². The molecule has 0 rings (SSSR count). The maximum absolute atomic E-state index is 12.4. The molecule has 1 amide bonds. The fourth-order valence-corrected chi connectivity index (χ4v) is 1.05. The van der Waals surface area contributed by atoms with E-state index in [2.05, 4.69) is 0 Å². The van der Waals surface area contributed by atoms with Crippen molar-refractivity contribution in [3.05, 3.63) is 0 Å². The van der Waals surface area contributed by atoms with Crippen molar-refractivity contribution >= 4 is 5.91 Å². The number of hydrogen-bond acceptors (Lipinski definition) is 3. The van der Waals surface area contributed by atoms with Crippen molar-refractivity contribution in [1.29, 1.82) is 5.26 Å². The van der Waals surface area contributed by atoms with Gasteiger partial charge in [-0.2, -0.15) is 18.4 Å². The molecule has 0 fully saturated rings. The molecule has 0 bridgehead atoms. The fourth-order valence-electron chi connectivity index (χ4n) is 1.05. The molecule has 0 saturated heterocycles. The Bertz CT molecular complexity index is 306. The van der Waals surface area contributed by atoms with Gasteiger partial charge in [0, 0.05) is 13.6 Å². The van der Waals surface area contributed by atoms with Gasteiger partial charge in [0.2, 0.25) is 0 Å². The van der Waals surface area contributed by atoms with Crippen LogP contribution in [0.15, 0.2) is 0 Å². The normalized spacial score (nSPS) is 17.1. The van der Waals surface area contributed by atoms with E-state index in [-0.39, 0.29) is 6.54 Å². The predicted molar refractivity (Wildman–Crippen MR) is 51.1 cm³/mol. The Hall–Kier alpha value is -1.29. The molecular weight excluding hydrogens is 223 g/mol. The van der Waals surface area contributed by atoms with E-state index in [0.717, 1.165) is 4.90 Å². The molecule has 0 spiro atoms. The fraction of sp³-hybridized carbons (Fsp3) is 0.778. The lowest BCUT2D eigenvalue weighted by Crippen LogP contribution is -2.61. The third-order valence-corrected chi connectivity index (χ3v) is 2.15. The van der Waals surface area contributed by atoms with E-state index >= 15 is 0 Å². The van der Waals surface area contributed by atoms with Crippen LogP contribution in [0.25, 0.3) is 0 Å². The second kappa shape index (κ2) is 4.70. The SMILES string of the molecule is CC(C#N)CN(C)C(=O)C(C)(N)C(F)(F)F. The number of carbonyl (C=O) groups excluding carboxylic acids is 1. The zero-order valence-electron chi connectivity index (χ0n) is 9.30. The summed E-state index contributed by atoms with van der Waals surface area (Å²) in [6.07, 6.45) is -4.81. The van der Waals surface area contributed by atoms with Crippen molar-refractivity contribution in [3.63, 3.8) is 0 Å². The van der Waals surface area contributed by atoms with E-state index in [1.54, 1.807) is 0 Å². The number of hydrogen-bond donors (Lipinski definition) is 1. The Morgan fingerprint density at radius 2 is 2.00 bits per heavy atom.